The number of fused-ring (bicyclic) bond motifs is 4. The van der Waals surface area contributed by atoms with Gasteiger partial charge in [-0.2, -0.15) is 4.98 Å². The summed E-state index contributed by atoms with van der Waals surface area (Å²) in [5, 5.41) is 0.987. The lowest BCUT2D eigenvalue weighted by atomic mass is 9.36. The Morgan fingerprint density at radius 3 is 1.49 bits per heavy atom. The van der Waals surface area contributed by atoms with Crippen LogP contribution in [0, 0.1) is 0 Å². The Bertz CT molecular complexity index is 1990. The molecule has 7 aromatic rings. The van der Waals surface area contributed by atoms with Crippen LogP contribution in [-0.2, 0) is 0 Å². The average Bonchev–Trinajstić information content (AvgIpc) is 3.13. The molecule has 222 valence electrons. The van der Waals surface area contributed by atoms with Crippen molar-refractivity contribution in [2.24, 2.45) is 0 Å². The second-order valence-electron chi connectivity index (χ2n) is 11.4. The Morgan fingerprint density at radius 2 is 0.957 bits per heavy atom. The Morgan fingerprint density at radius 1 is 0.468 bits per heavy atom. The third-order valence-electron chi connectivity index (χ3n) is 8.62. The van der Waals surface area contributed by atoms with Gasteiger partial charge in [0, 0.05) is 27.6 Å². The van der Waals surface area contributed by atoms with Gasteiger partial charge in [0.15, 0.2) is 0 Å². The maximum absolute atomic E-state index is 6.60. The van der Waals surface area contributed by atoms with Crippen LogP contribution in [-0.4, -0.2) is 16.7 Å². The van der Waals surface area contributed by atoms with Crippen molar-refractivity contribution in [2.45, 2.75) is 9.92 Å². The molecular formula is C40H27BN4OS. The fourth-order valence-corrected chi connectivity index (χ4v) is 7.67. The highest BCUT2D eigenvalue weighted by Gasteiger charge is 2.40. The van der Waals surface area contributed by atoms with Crippen LogP contribution in [0.4, 0.5) is 34.4 Å². The molecule has 5 aromatic carbocycles. The van der Waals surface area contributed by atoms with E-state index in [1.54, 1.807) is 11.8 Å². The topological polar surface area (TPSA) is 41.5 Å². The van der Waals surface area contributed by atoms with Crippen LogP contribution >= 0.6 is 11.8 Å². The van der Waals surface area contributed by atoms with E-state index in [1.807, 2.05) is 48.5 Å². The molecule has 4 heterocycles. The zero-order chi connectivity index (χ0) is 31.2. The zero-order valence-corrected chi connectivity index (χ0v) is 26.1. The van der Waals surface area contributed by atoms with Crippen molar-refractivity contribution in [3.05, 3.63) is 164 Å². The highest BCUT2D eigenvalue weighted by atomic mass is 32.2. The number of nitrogens with zero attached hydrogens (tertiary/aromatic N) is 4. The number of rotatable bonds is 6. The lowest BCUT2D eigenvalue weighted by Crippen LogP contribution is -2.58. The van der Waals surface area contributed by atoms with E-state index in [4.69, 9.17) is 14.7 Å². The van der Waals surface area contributed by atoms with Gasteiger partial charge in [-0.05, 0) is 89.2 Å². The minimum atomic E-state index is -0.0481. The Labute approximate surface area is 278 Å². The first-order chi connectivity index (χ1) is 23.3. The second kappa shape index (κ2) is 11.5. The van der Waals surface area contributed by atoms with Crippen molar-refractivity contribution >= 4 is 69.2 Å². The van der Waals surface area contributed by atoms with E-state index < -0.39 is 0 Å². The van der Waals surface area contributed by atoms with E-state index in [9.17, 15) is 0 Å². The van der Waals surface area contributed by atoms with Crippen molar-refractivity contribution in [1.29, 1.82) is 0 Å². The van der Waals surface area contributed by atoms with Gasteiger partial charge in [0.05, 0.1) is 5.03 Å². The maximum atomic E-state index is 6.60. The first-order valence-electron chi connectivity index (χ1n) is 15.6. The summed E-state index contributed by atoms with van der Waals surface area (Å²) in [6.45, 7) is -0.0481. The minimum absolute atomic E-state index is 0.0481. The van der Waals surface area contributed by atoms with Crippen LogP contribution in [0.5, 0.6) is 11.6 Å². The highest BCUT2D eigenvalue weighted by molar-refractivity contribution is 8.00. The molecule has 0 radical (unpaired) electrons. The van der Waals surface area contributed by atoms with Gasteiger partial charge in [0.1, 0.15) is 17.4 Å². The van der Waals surface area contributed by atoms with Crippen molar-refractivity contribution in [3.8, 4) is 11.6 Å². The van der Waals surface area contributed by atoms with Crippen molar-refractivity contribution < 1.29 is 4.74 Å². The van der Waals surface area contributed by atoms with Crippen LogP contribution in [0.25, 0.3) is 0 Å². The van der Waals surface area contributed by atoms with Gasteiger partial charge in [0.25, 0.3) is 6.71 Å². The maximum Gasteiger partial charge on any atom is 0.258 e. The number of hydrogen-bond donors (Lipinski definition) is 0. The summed E-state index contributed by atoms with van der Waals surface area (Å²) in [6, 6.07) is 56.4. The number of pyridine rings is 2. The fraction of sp³-hybridized carbons (Fsp3) is 0. The van der Waals surface area contributed by atoms with Crippen LogP contribution < -0.4 is 30.9 Å². The summed E-state index contributed by atoms with van der Waals surface area (Å²) < 4.78 is 6.60. The summed E-state index contributed by atoms with van der Waals surface area (Å²) in [5.41, 5.74) is 7.54. The van der Waals surface area contributed by atoms with Gasteiger partial charge in [-0.3, -0.25) is 9.80 Å². The number of ether oxygens (including phenoxy) is 1. The summed E-state index contributed by atoms with van der Waals surface area (Å²) in [7, 11) is 0. The Kier molecular flexibility index (Phi) is 6.76. The zero-order valence-electron chi connectivity index (χ0n) is 25.3. The molecule has 2 aliphatic rings. The molecule has 2 aliphatic heterocycles. The van der Waals surface area contributed by atoms with E-state index in [-0.39, 0.29) is 6.71 Å². The fourth-order valence-electron chi connectivity index (χ4n) is 6.54. The SMILES string of the molecule is c1ccc(N(c2ccccc2)c2ccc3c(n2)Oc2cccc4c2B3c2ccc(N(c3ccccc3)c3ccccc3)nc2S4)cc1. The predicted octanol–water partition coefficient (Wildman–Crippen LogP) is 8.50. The molecule has 0 atom stereocenters. The van der Waals surface area contributed by atoms with Crippen LogP contribution in [0.1, 0.15) is 0 Å². The minimum Gasteiger partial charge on any atom is -0.440 e. The molecule has 0 fully saturated rings. The molecule has 0 spiro atoms. The molecular weight excluding hydrogens is 595 g/mol. The molecule has 7 heteroatoms. The molecule has 0 unspecified atom stereocenters. The number of benzene rings is 5. The molecule has 0 aliphatic carbocycles. The molecule has 0 saturated carbocycles. The predicted molar refractivity (Wildman–Crippen MR) is 193 cm³/mol. The molecule has 0 N–H and O–H groups in total. The molecule has 9 rings (SSSR count). The van der Waals surface area contributed by atoms with Crippen LogP contribution in [0.15, 0.2) is 174 Å². The summed E-state index contributed by atoms with van der Waals surface area (Å²) in [4.78, 5) is 16.0. The number of aromatic nitrogens is 2. The smallest absolute Gasteiger partial charge is 0.258 e. The van der Waals surface area contributed by atoms with Gasteiger partial charge >= 0.3 is 0 Å². The van der Waals surface area contributed by atoms with E-state index in [1.165, 1.54) is 5.46 Å². The van der Waals surface area contributed by atoms with Gasteiger partial charge in [-0.1, -0.05) is 103 Å². The number of anilines is 6. The monoisotopic (exact) mass is 622 g/mol. The van der Waals surface area contributed by atoms with Crippen LogP contribution in [0.3, 0.4) is 0 Å². The lowest BCUT2D eigenvalue weighted by molar-refractivity contribution is 0.467. The van der Waals surface area contributed by atoms with Gasteiger partial charge in [-0.25, -0.2) is 4.98 Å². The Hall–Kier alpha value is -5.79. The van der Waals surface area contributed by atoms with Crippen molar-refractivity contribution in [3.63, 3.8) is 0 Å². The number of para-hydroxylation sites is 4. The molecule has 2 aromatic heterocycles. The Balaban J connectivity index is 1.17. The quantitative estimate of drug-likeness (QED) is 0.173. The van der Waals surface area contributed by atoms with E-state index in [0.29, 0.717) is 5.88 Å². The summed E-state index contributed by atoms with van der Waals surface area (Å²) >= 11 is 1.70. The molecule has 5 nitrogen and oxygen atoms in total. The van der Waals surface area contributed by atoms with E-state index in [0.717, 1.165) is 61.0 Å². The average molecular weight is 623 g/mol. The van der Waals surface area contributed by atoms with Gasteiger partial charge < -0.3 is 4.74 Å². The van der Waals surface area contributed by atoms with Crippen molar-refractivity contribution in [2.75, 3.05) is 9.80 Å². The summed E-state index contributed by atoms with van der Waals surface area (Å²) in [6.07, 6.45) is 0. The van der Waals surface area contributed by atoms with E-state index >= 15 is 0 Å². The number of hydrogen-bond acceptors (Lipinski definition) is 6. The third-order valence-corrected chi connectivity index (χ3v) is 9.71. The van der Waals surface area contributed by atoms with Crippen molar-refractivity contribution in [1.82, 2.24) is 9.97 Å². The van der Waals surface area contributed by atoms with Gasteiger partial charge in [0.2, 0.25) is 5.88 Å². The second-order valence-corrected chi connectivity index (χ2v) is 12.5. The summed E-state index contributed by atoms with van der Waals surface area (Å²) in [5.74, 6) is 3.12. The largest absolute Gasteiger partial charge is 0.440 e. The molecule has 0 amide bonds. The standard InChI is InChI=1S/C40H27BN4OS/c1-5-14-28(15-6-1)44(29-16-7-2-8-17-29)36-26-24-32-39(42-36)46-34-22-13-23-35-38(34)41(32)33-25-27-37(43-40(33)47-35)45(30-18-9-3-10-19-30)31-20-11-4-12-21-31/h1-27H. The molecule has 0 saturated heterocycles. The molecule has 0 bridgehead atoms. The van der Waals surface area contributed by atoms with E-state index in [2.05, 4.69) is 125 Å². The van der Waals surface area contributed by atoms with Crippen LogP contribution in [0.2, 0.25) is 0 Å². The third kappa shape index (κ3) is 4.83. The molecule has 47 heavy (non-hydrogen) atoms. The lowest BCUT2D eigenvalue weighted by Gasteiger charge is -2.33. The normalized spacial score (nSPS) is 12.3. The highest BCUT2D eigenvalue weighted by Crippen LogP contribution is 2.40. The van der Waals surface area contributed by atoms with Gasteiger partial charge in [-0.15, -0.1) is 0 Å². The first-order valence-corrected chi connectivity index (χ1v) is 16.4. The first kappa shape index (κ1) is 27.5.